The monoisotopic (exact) mass is 345 g/mol. The highest BCUT2D eigenvalue weighted by Crippen LogP contribution is 2.22. The average molecular weight is 345 g/mol. The molecule has 0 bridgehead atoms. The molecule has 0 spiro atoms. The molecule has 3 rings (SSSR count). The molecule has 0 amide bonds. The summed E-state index contributed by atoms with van der Waals surface area (Å²) in [5.74, 6) is 0.668. The second-order valence-electron chi connectivity index (χ2n) is 5.45. The molecule has 2 aromatic carbocycles. The van der Waals surface area contributed by atoms with Crippen molar-refractivity contribution in [2.75, 3.05) is 11.3 Å². The fourth-order valence-electron chi connectivity index (χ4n) is 2.26. The number of sulfonamides is 1. The number of ether oxygens (including phenoxy) is 1. The van der Waals surface area contributed by atoms with Crippen molar-refractivity contribution in [1.82, 2.24) is 10.2 Å². The largest absolute Gasteiger partial charge is 0.494 e. The number of rotatable bonds is 7. The lowest BCUT2D eigenvalue weighted by Crippen LogP contribution is -2.12. The topological polar surface area (TPSA) is 84.1 Å². The third-order valence-corrected chi connectivity index (χ3v) is 4.99. The molecule has 0 unspecified atom stereocenters. The first-order valence-electron chi connectivity index (χ1n) is 7.77. The van der Waals surface area contributed by atoms with Crippen LogP contribution in [0.4, 0.5) is 5.69 Å². The van der Waals surface area contributed by atoms with Crippen molar-refractivity contribution in [3.63, 3.8) is 0 Å². The van der Waals surface area contributed by atoms with Crippen LogP contribution >= 0.6 is 0 Å². The lowest BCUT2D eigenvalue weighted by molar-refractivity contribution is 0.309. The average Bonchev–Trinajstić information content (AvgIpc) is 3.03. The summed E-state index contributed by atoms with van der Waals surface area (Å²) in [6.45, 7) is 2.72. The number of nitrogens with zero attached hydrogens (tertiary/aromatic N) is 1. The molecule has 126 valence electrons. The molecular formula is C17H19N3O3S. The maximum absolute atomic E-state index is 12.5. The predicted molar refractivity (Wildman–Crippen MR) is 93.7 cm³/mol. The van der Waals surface area contributed by atoms with Crippen LogP contribution in [-0.4, -0.2) is 25.2 Å². The minimum atomic E-state index is -3.65. The Morgan fingerprint density at radius 3 is 2.71 bits per heavy atom. The van der Waals surface area contributed by atoms with Crippen LogP contribution in [0.1, 0.15) is 19.8 Å². The number of fused-ring (bicyclic) bond motifs is 1. The van der Waals surface area contributed by atoms with Gasteiger partial charge in [-0.3, -0.25) is 9.82 Å². The summed E-state index contributed by atoms with van der Waals surface area (Å²) in [5.41, 5.74) is 1.25. The highest BCUT2D eigenvalue weighted by atomic mass is 32.2. The first-order valence-corrected chi connectivity index (χ1v) is 9.25. The van der Waals surface area contributed by atoms with Gasteiger partial charge in [-0.15, -0.1) is 0 Å². The van der Waals surface area contributed by atoms with E-state index in [0.717, 1.165) is 23.7 Å². The molecule has 1 heterocycles. The standard InChI is InChI=1S/C17H19N3O3S/c1-2-3-10-23-15-6-8-16(9-7-15)24(21,22)20-14-5-4-13-12-18-19-17(13)11-14/h4-9,11-12,20H,2-3,10H2,1H3,(H,18,19). The number of nitrogens with one attached hydrogen (secondary N) is 2. The van der Waals surface area contributed by atoms with Gasteiger partial charge in [0.1, 0.15) is 5.75 Å². The first kappa shape index (κ1) is 16.3. The number of hydrogen-bond acceptors (Lipinski definition) is 4. The molecule has 24 heavy (non-hydrogen) atoms. The fraction of sp³-hybridized carbons (Fsp3) is 0.235. The zero-order valence-electron chi connectivity index (χ0n) is 13.3. The number of aromatic amines is 1. The Morgan fingerprint density at radius 1 is 1.17 bits per heavy atom. The zero-order valence-corrected chi connectivity index (χ0v) is 14.1. The smallest absolute Gasteiger partial charge is 0.261 e. The summed E-state index contributed by atoms with van der Waals surface area (Å²) in [6.07, 6.45) is 3.71. The van der Waals surface area contributed by atoms with E-state index in [2.05, 4.69) is 21.8 Å². The first-order chi connectivity index (χ1) is 11.6. The van der Waals surface area contributed by atoms with Gasteiger partial charge in [-0.1, -0.05) is 13.3 Å². The van der Waals surface area contributed by atoms with Crippen molar-refractivity contribution in [3.8, 4) is 5.75 Å². The summed E-state index contributed by atoms with van der Waals surface area (Å²) in [5, 5.41) is 7.66. The van der Waals surface area contributed by atoms with Gasteiger partial charge in [-0.2, -0.15) is 5.10 Å². The maximum atomic E-state index is 12.5. The van der Waals surface area contributed by atoms with Gasteiger partial charge in [0.15, 0.2) is 0 Å². The van der Waals surface area contributed by atoms with E-state index >= 15 is 0 Å². The summed E-state index contributed by atoms with van der Waals surface area (Å²) in [6, 6.07) is 11.6. The third-order valence-electron chi connectivity index (χ3n) is 3.59. The second kappa shape index (κ2) is 6.92. The molecule has 0 aliphatic heterocycles. The van der Waals surface area contributed by atoms with Crippen LogP contribution in [0.5, 0.6) is 5.75 Å². The van der Waals surface area contributed by atoms with E-state index in [1.54, 1.807) is 48.7 Å². The highest BCUT2D eigenvalue weighted by molar-refractivity contribution is 7.92. The van der Waals surface area contributed by atoms with E-state index in [-0.39, 0.29) is 4.90 Å². The van der Waals surface area contributed by atoms with Gasteiger partial charge in [0.05, 0.1) is 28.9 Å². The Balaban J connectivity index is 1.74. The van der Waals surface area contributed by atoms with Crippen molar-refractivity contribution in [2.24, 2.45) is 0 Å². The van der Waals surface area contributed by atoms with Crippen molar-refractivity contribution in [2.45, 2.75) is 24.7 Å². The molecule has 3 aromatic rings. The van der Waals surface area contributed by atoms with Crippen LogP contribution in [0.3, 0.4) is 0 Å². The minimum absolute atomic E-state index is 0.190. The second-order valence-corrected chi connectivity index (χ2v) is 7.13. The Hall–Kier alpha value is -2.54. The zero-order chi connectivity index (χ0) is 17.0. The highest BCUT2D eigenvalue weighted by Gasteiger charge is 2.14. The quantitative estimate of drug-likeness (QED) is 0.642. The summed E-state index contributed by atoms with van der Waals surface area (Å²) < 4.78 is 33.1. The number of H-pyrrole nitrogens is 1. The van der Waals surface area contributed by atoms with Crippen LogP contribution in [0.25, 0.3) is 10.9 Å². The summed E-state index contributed by atoms with van der Waals surface area (Å²) in [7, 11) is -3.65. The molecule has 1 aromatic heterocycles. The lowest BCUT2D eigenvalue weighted by atomic mass is 10.2. The SMILES string of the molecule is CCCCOc1ccc(S(=O)(=O)Nc2ccc3cn[nH]c3c2)cc1. The maximum Gasteiger partial charge on any atom is 0.261 e. The van der Waals surface area contributed by atoms with Crippen molar-refractivity contribution >= 4 is 26.6 Å². The van der Waals surface area contributed by atoms with Gasteiger partial charge >= 0.3 is 0 Å². The molecular weight excluding hydrogens is 326 g/mol. The van der Waals surface area contributed by atoms with Gasteiger partial charge in [0, 0.05) is 5.39 Å². The molecule has 0 fully saturated rings. The Bertz CT molecular complexity index is 918. The van der Waals surface area contributed by atoms with Crippen LogP contribution in [0.2, 0.25) is 0 Å². The van der Waals surface area contributed by atoms with E-state index in [1.807, 2.05) is 0 Å². The molecule has 0 atom stereocenters. The Morgan fingerprint density at radius 2 is 1.96 bits per heavy atom. The molecule has 0 aliphatic carbocycles. The number of unbranched alkanes of at least 4 members (excludes halogenated alkanes) is 1. The molecule has 0 radical (unpaired) electrons. The lowest BCUT2D eigenvalue weighted by Gasteiger charge is -2.09. The molecule has 7 heteroatoms. The van der Waals surface area contributed by atoms with Gasteiger partial charge < -0.3 is 4.74 Å². The third kappa shape index (κ3) is 3.68. The van der Waals surface area contributed by atoms with Crippen LogP contribution < -0.4 is 9.46 Å². The Labute approximate surface area is 140 Å². The van der Waals surface area contributed by atoms with Gasteiger partial charge in [-0.25, -0.2) is 8.42 Å². The van der Waals surface area contributed by atoms with E-state index in [1.165, 1.54) is 0 Å². The molecule has 0 aliphatic rings. The molecule has 0 saturated carbocycles. The number of aromatic nitrogens is 2. The van der Waals surface area contributed by atoms with Crippen molar-refractivity contribution in [1.29, 1.82) is 0 Å². The Kier molecular flexibility index (Phi) is 4.71. The van der Waals surface area contributed by atoms with E-state index in [9.17, 15) is 8.42 Å². The summed E-state index contributed by atoms with van der Waals surface area (Å²) in [4.78, 5) is 0.190. The number of benzene rings is 2. The minimum Gasteiger partial charge on any atom is -0.494 e. The van der Waals surface area contributed by atoms with Gasteiger partial charge in [0.25, 0.3) is 10.0 Å². The van der Waals surface area contributed by atoms with Crippen molar-refractivity contribution in [3.05, 3.63) is 48.7 Å². The van der Waals surface area contributed by atoms with E-state index in [0.29, 0.717) is 18.0 Å². The fourth-order valence-corrected chi connectivity index (χ4v) is 3.31. The van der Waals surface area contributed by atoms with Crippen LogP contribution in [0, 0.1) is 0 Å². The number of anilines is 1. The molecule has 6 nitrogen and oxygen atoms in total. The van der Waals surface area contributed by atoms with E-state index in [4.69, 9.17) is 4.74 Å². The van der Waals surface area contributed by atoms with Gasteiger partial charge in [-0.05, 0) is 48.9 Å². The van der Waals surface area contributed by atoms with Crippen LogP contribution in [0.15, 0.2) is 53.6 Å². The van der Waals surface area contributed by atoms with Gasteiger partial charge in [0.2, 0.25) is 0 Å². The molecule has 2 N–H and O–H groups in total. The van der Waals surface area contributed by atoms with E-state index < -0.39 is 10.0 Å². The predicted octanol–water partition coefficient (Wildman–Crippen LogP) is 3.54. The molecule has 0 saturated heterocycles. The summed E-state index contributed by atoms with van der Waals surface area (Å²) >= 11 is 0. The van der Waals surface area contributed by atoms with Crippen molar-refractivity contribution < 1.29 is 13.2 Å². The van der Waals surface area contributed by atoms with Crippen LogP contribution in [-0.2, 0) is 10.0 Å². The number of hydrogen-bond donors (Lipinski definition) is 2. The normalized spacial score (nSPS) is 11.5.